The lowest BCUT2D eigenvalue weighted by Gasteiger charge is -2.15. The van der Waals surface area contributed by atoms with E-state index in [2.05, 4.69) is 14.5 Å². The molecule has 0 unspecified atom stereocenters. The van der Waals surface area contributed by atoms with Gasteiger partial charge in [-0.3, -0.25) is 4.79 Å². The van der Waals surface area contributed by atoms with Gasteiger partial charge >= 0.3 is 12.3 Å². The number of ether oxygens (including phenoxy) is 2. The van der Waals surface area contributed by atoms with Crippen LogP contribution in [0.2, 0.25) is 0 Å². The molecule has 1 aromatic rings. The van der Waals surface area contributed by atoms with Crippen LogP contribution in [0.1, 0.15) is 23.2 Å². The first-order chi connectivity index (χ1) is 9.67. The molecule has 0 fully saturated rings. The van der Waals surface area contributed by atoms with Crippen LogP contribution in [0.15, 0.2) is 6.07 Å². The number of carbonyl (C=O) groups excluding carboxylic acids is 1. The summed E-state index contributed by atoms with van der Waals surface area (Å²) in [4.78, 5) is 14.5. The Morgan fingerprint density at radius 2 is 2.05 bits per heavy atom. The second-order valence-corrected chi connectivity index (χ2v) is 3.99. The maximum atomic E-state index is 12.8. The van der Waals surface area contributed by atoms with Crippen LogP contribution in [0.4, 0.5) is 22.0 Å². The number of aromatic nitrogens is 1. The molecule has 0 saturated carbocycles. The van der Waals surface area contributed by atoms with Gasteiger partial charge in [-0.25, -0.2) is 13.8 Å². The van der Waals surface area contributed by atoms with Crippen molar-refractivity contribution >= 4 is 17.6 Å². The zero-order valence-corrected chi connectivity index (χ0v) is 11.3. The van der Waals surface area contributed by atoms with Crippen LogP contribution in [0.25, 0.3) is 0 Å². The average molecular weight is 334 g/mol. The number of carbonyl (C=O) groups is 1. The molecule has 1 rings (SSSR count). The van der Waals surface area contributed by atoms with Crippen molar-refractivity contribution in [3.8, 4) is 5.88 Å². The third-order valence-electron chi connectivity index (χ3n) is 2.31. The molecule has 21 heavy (non-hydrogen) atoms. The van der Waals surface area contributed by atoms with Crippen LogP contribution in [-0.2, 0) is 21.8 Å². The fourth-order valence-corrected chi connectivity index (χ4v) is 1.65. The molecule has 4 nitrogen and oxygen atoms in total. The molecule has 0 N–H and O–H groups in total. The van der Waals surface area contributed by atoms with Gasteiger partial charge < -0.3 is 9.47 Å². The standard InChI is InChI=1S/C11H9ClF5NO3/c1-20-8(19)3-5-2-6(9(13)14)7(4-12)18-10(5)21-11(15,16)17/h2,9H,3-4H2,1H3. The van der Waals surface area contributed by atoms with E-state index in [1.165, 1.54) is 0 Å². The number of nitrogens with zero attached hydrogens (tertiary/aromatic N) is 1. The van der Waals surface area contributed by atoms with Gasteiger partial charge in [0.15, 0.2) is 0 Å². The number of halogens is 6. The monoisotopic (exact) mass is 333 g/mol. The van der Waals surface area contributed by atoms with E-state index >= 15 is 0 Å². The smallest absolute Gasteiger partial charge is 0.469 e. The lowest BCUT2D eigenvalue weighted by Crippen LogP contribution is -2.20. The fraction of sp³-hybridized carbons (Fsp3) is 0.455. The molecule has 1 heterocycles. The Kier molecular flexibility index (Phi) is 5.70. The van der Waals surface area contributed by atoms with Crippen molar-refractivity contribution in [2.45, 2.75) is 25.1 Å². The third kappa shape index (κ3) is 5.00. The Hall–Kier alpha value is -1.64. The minimum Gasteiger partial charge on any atom is -0.469 e. The first kappa shape index (κ1) is 17.4. The van der Waals surface area contributed by atoms with Crippen molar-refractivity contribution < 1.29 is 36.2 Å². The summed E-state index contributed by atoms with van der Waals surface area (Å²) in [6.45, 7) is 0. The second-order valence-electron chi connectivity index (χ2n) is 3.72. The maximum Gasteiger partial charge on any atom is 0.574 e. The van der Waals surface area contributed by atoms with Crippen molar-refractivity contribution in [1.82, 2.24) is 4.98 Å². The van der Waals surface area contributed by atoms with Crippen LogP contribution in [0.3, 0.4) is 0 Å². The minimum absolute atomic E-state index is 0.459. The third-order valence-corrected chi connectivity index (χ3v) is 2.56. The first-order valence-electron chi connectivity index (χ1n) is 5.37. The number of esters is 1. The highest BCUT2D eigenvalue weighted by atomic mass is 35.5. The Labute approximate surface area is 120 Å². The molecule has 0 aromatic carbocycles. The lowest BCUT2D eigenvalue weighted by atomic mass is 10.1. The van der Waals surface area contributed by atoms with Crippen LogP contribution in [0.5, 0.6) is 5.88 Å². The van der Waals surface area contributed by atoms with Crippen molar-refractivity contribution in [2.75, 3.05) is 7.11 Å². The Morgan fingerprint density at radius 3 is 2.48 bits per heavy atom. The van der Waals surface area contributed by atoms with Crippen molar-refractivity contribution in [3.05, 3.63) is 22.9 Å². The maximum absolute atomic E-state index is 12.8. The number of alkyl halides is 6. The van der Waals surface area contributed by atoms with Crippen molar-refractivity contribution in [1.29, 1.82) is 0 Å². The molecule has 0 aliphatic heterocycles. The van der Waals surface area contributed by atoms with Crippen LogP contribution < -0.4 is 4.74 Å². The van der Waals surface area contributed by atoms with E-state index in [-0.39, 0.29) is 0 Å². The molecule has 0 saturated heterocycles. The lowest BCUT2D eigenvalue weighted by molar-refractivity contribution is -0.276. The SMILES string of the molecule is COC(=O)Cc1cc(C(F)F)c(CCl)nc1OC(F)(F)F. The van der Waals surface area contributed by atoms with Crippen LogP contribution in [-0.4, -0.2) is 24.4 Å². The highest BCUT2D eigenvalue weighted by Crippen LogP contribution is 2.31. The molecule has 0 bridgehead atoms. The summed E-state index contributed by atoms with van der Waals surface area (Å²) in [6, 6.07) is 0.702. The van der Waals surface area contributed by atoms with Gasteiger partial charge in [-0.05, 0) is 6.07 Å². The highest BCUT2D eigenvalue weighted by Gasteiger charge is 2.34. The number of pyridine rings is 1. The molecule has 0 atom stereocenters. The summed E-state index contributed by atoms with van der Waals surface area (Å²) in [7, 11) is 1.00. The predicted molar refractivity (Wildman–Crippen MR) is 61.2 cm³/mol. The van der Waals surface area contributed by atoms with E-state index in [9.17, 15) is 26.7 Å². The molecular weight excluding hydrogens is 325 g/mol. The van der Waals surface area contributed by atoms with Gasteiger partial charge in [0.25, 0.3) is 6.43 Å². The van der Waals surface area contributed by atoms with Crippen molar-refractivity contribution in [2.24, 2.45) is 0 Å². The van der Waals surface area contributed by atoms with E-state index in [4.69, 9.17) is 11.6 Å². The minimum atomic E-state index is -5.09. The van der Waals surface area contributed by atoms with E-state index in [0.29, 0.717) is 6.07 Å². The molecule has 118 valence electrons. The first-order valence-corrected chi connectivity index (χ1v) is 5.90. The molecular formula is C11H9ClF5NO3. The van der Waals surface area contributed by atoms with Gasteiger partial charge in [0.2, 0.25) is 5.88 Å². The van der Waals surface area contributed by atoms with Gasteiger partial charge in [0, 0.05) is 11.1 Å². The zero-order chi connectivity index (χ0) is 16.2. The predicted octanol–water partition coefficient (Wildman–Crippen LogP) is 3.37. The molecule has 10 heteroatoms. The average Bonchev–Trinajstić information content (AvgIpc) is 2.37. The number of rotatable bonds is 5. The molecule has 1 aromatic heterocycles. The van der Waals surface area contributed by atoms with Crippen LogP contribution >= 0.6 is 11.6 Å². The summed E-state index contributed by atoms with van der Waals surface area (Å²) < 4.78 is 70.4. The summed E-state index contributed by atoms with van der Waals surface area (Å²) in [5, 5.41) is 0. The zero-order valence-electron chi connectivity index (χ0n) is 10.5. The van der Waals surface area contributed by atoms with Gasteiger partial charge in [-0.1, -0.05) is 0 Å². The Bertz CT molecular complexity index is 521. The van der Waals surface area contributed by atoms with E-state index in [1.54, 1.807) is 0 Å². The molecule has 0 radical (unpaired) electrons. The van der Waals surface area contributed by atoms with Gasteiger partial charge in [-0.15, -0.1) is 24.8 Å². The second kappa shape index (κ2) is 6.88. The van der Waals surface area contributed by atoms with Crippen molar-refractivity contribution in [3.63, 3.8) is 0 Å². The highest BCUT2D eigenvalue weighted by molar-refractivity contribution is 6.17. The van der Waals surface area contributed by atoms with Crippen LogP contribution in [0, 0.1) is 0 Å². The topological polar surface area (TPSA) is 48.4 Å². The largest absolute Gasteiger partial charge is 0.574 e. The Morgan fingerprint density at radius 1 is 1.43 bits per heavy atom. The quantitative estimate of drug-likeness (QED) is 0.471. The fourth-order valence-electron chi connectivity index (χ4n) is 1.44. The summed E-state index contributed by atoms with van der Waals surface area (Å²) in [6.07, 6.45) is -8.80. The molecule has 0 aliphatic carbocycles. The van der Waals surface area contributed by atoms with E-state index in [0.717, 1.165) is 7.11 Å². The number of hydrogen-bond donors (Lipinski definition) is 0. The number of hydrogen-bond acceptors (Lipinski definition) is 4. The molecule has 0 aliphatic rings. The van der Waals surface area contributed by atoms with Gasteiger partial charge in [-0.2, -0.15) is 0 Å². The molecule has 0 spiro atoms. The van der Waals surface area contributed by atoms with Gasteiger partial charge in [0.05, 0.1) is 25.1 Å². The summed E-state index contributed by atoms with van der Waals surface area (Å²) in [5.74, 6) is -2.47. The van der Waals surface area contributed by atoms with E-state index in [1.807, 2.05) is 0 Å². The van der Waals surface area contributed by atoms with Gasteiger partial charge in [0.1, 0.15) is 0 Å². The summed E-state index contributed by atoms with van der Waals surface area (Å²) >= 11 is 5.38. The van der Waals surface area contributed by atoms with E-state index < -0.39 is 53.8 Å². The Balaban J connectivity index is 3.33. The summed E-state index contributed by atoms with van der Waals surface area (Å²) in [5.41, 5.74) is -1.60. The number of methoxy groups -OCH3 is 1. The normalized spacial score (nSPS) is 11.6. The molecule has 0 amide bonds.